The van der Waals surface area contributed by atoms with E-state index < -0.39 is 29.6 Å². The Morgan fingerprint density at radius 2 is 1.77 bits per heavy atom. The molecule has 2 bridgehead atoms. The van der Waals surface area contributed by atoms with Gasteiger partial charge in [-0.05, 0) is 43.5 Å². The SMILES string of the molecule is Cc1ccc(CN2C(=O)[C@H]3C(C(=O)Nc4ccc(Cl)c(Cl)c4)[C@H]4C=CC3(O4)C2C(=O)NC2CCCCC2)cc1. The molecule has 2 N–H and O–H groups in total. The Morgan fingerprint density at radius 1 is 1.03 bits per heavy atom. The van der Waals surface area contributed by atoms with Gasteiger partial charge in [-0.15, -0.1) is 0 Å². The number of aryl methyl sites for hydroxylation is 1. The minimum atomic E-state index is -1.20. The largest absolute Gasteiger partial charge is 0.359 e. The summed E-state index contributed by atoms with van der Waals surface area (Å²) in [5, 5.41) is 6.79. The Balaban J connectivity index is 1.32. The lowest BCUT2D eigenvalue weighted by molar-refractivity contribution is -0.142. The van der Waals surface area contributed by atoms with Crippen molar-refractivity contribution in [2.45, 2.75) is 69.4 Å². The van der Waals surface area contributed by atoms with Gasteiger partial charge in [-0.1, -0.05) is 84.4 Å². The monoisotopic (exact) mass is 567 g/mol. The summed E-state index contributed by atoms with van der Waals surface area (Å²) >= 11 is 12.2. The number of amides is 3. The number of carbonyl (C=O) groups is 3. The van der Waals surface area contributed by atoms with E-state index in [-0.39, 0.29) is 30.3 Å². The molecular formula is C30H31Cl2N3O4. The highest BCUT2D eigenvalue weighted by molar-refractivity contribution is 6.42. The molecule has 9 heteroatoms. The molecule has 204 valence electrons. The summed E-state index contributed by atoms with van der Waals surface area (Å²) in [6, 6.07) is 11.9. The van der Waals surface area contributed by atoms with E-state index in [1.54, 1.807) is 23.1 Å². The van der Waals surface area contributed by atoms with E-state index in [2.05, 4.69) is 10.6 Å². The number of benzene rings is 2. The van der Waals surface area contributed by atoms with Crippen LogP contribution < -0.4 is 10.6 Å². The van der Waals surface area contributed by atoms with Crippen LogP contribution in [0.15, 0.2) is 54.6 Å². The van der Waals surface area contributed by atoms with Crippen molar-refractivity contribution in [3.63, 3.8) is 0 Å². The Hall–Kier alpha value is -2.87. The van der Waals surface area contributed by atoms with Crippen LogP contribution in [0, 0.1) is 18.8 Å². The van der Waals surface area contributed by atoms with Crippen LogP contribution in [0.1, 0.15) is 43.2 Å². The van der Waals surface area contributed by atoms with E-state index in [0.29, 0.717) is 15.7 Å². The highest BCUT2D eigenvalue weighted by Gasteiger charge is 2.72. The minimum absolute atomic E-state index is 0.0781. The van der Waals surface area contributed by atoms with Crippen LogP contribution in [0.2, 0.25) is 10.0 Å². The Labute approximate surface area is 237 Å². The zero-order chi connectivity index (χ0) is 27.3. The minimum Gasteiger partial charge on any atom is -0.359 e. The molecule has 7 nitrogen and oxygen atoms in total. The summed E-state index contributed by atoms with van der Waals surface area (Å²) in [4.78, 5) is 43.3. The number of ether oxygens (including phenoxy) is 1. The van der Waals surface area contributed by atoms with Crippen molar-refractivity contribution in [2.24, 2.45) is 11.8 Å². The van der Waals surface area contributed by atoms with Gasteiger partial charge in [0.05, 0.1) is 28.0 Å². The van der Waals surface area contributed by atoms with E-state index in [9.17, 15) is 14.4 Å². The van der Waals surface area contributed by atoms with Crippen LogP contribution >= 0.6 is 23.2 Å². The van der Waals surface area contributed by atoms with Gasteiger partial charge in [-0.2, -0.15) is 0 Å². The van der Waals surface area contributed by atoms with Crippen molar-refractivity contribution in [2.75, 3.05) is 5.32 Å². The third-order valence-electron chi connectivity index (χ3n) is 8.54. The molecular weight excluding hydrogens is 537 g/mol. The Bertz CT molecular complexity index is 1340. The van der Waals surface area contributed by atoms with Crippen LogP contribution in [0.3, 0.4) is 0 Å². The van der Waals surface area contributed by atoms with Gasteiger partial charge in [0.2, 0.25) is 17.7 Å². The van der Waals surface area contributed by atoms with Crippen LogP contribution in [-0.2, 0) is 25.7 Å². The van der Waals surface area contributed by atoms with E-state index >= 15 is 0 Å². The number of fused-ring (bicyclic) bond motifs is 1. The number of hydrogen-bond acceptors (Lipinski definition) is 4. The molecule has 3 fully saturated rings. The summed E-state index contributed by atoms with van der Waals surface area (Å²) in [5.41, 5.74) is 1.29. The van der Waals surface area contributed by atoms with Crippen molar-refractivity contribution in [3.05, 3.63) is 75.8 Å². The number of carbonyl (C=O) groups excluding carboxylic acids is 3. The molecule has 3 aliphatic heterocycles. The normalized spacial score (nSPS) is 29.5. The molecule has 3 unspecified atom stereocenters. The topological polar surface area (TPSA) is 87.7 Å². The highest BCUT2D eigenvalue weighted by atomic mass is 35.5. The summed E-state index contributed by atoms with van der Waals surface area (Å²) in [7, 11) is 0. The first kappa shape index (κ1) is 26.4. The van der Waals surface area contributed by atoms with E-state index in [0.717, 1.165) is 36.8 Å². The number of nitrogens with zero attached hydrogens (tertiary/aromatic N) is 1. The maximum absolute atomic E-state index is 14.1. The van der Waals surface area contributed by atoms with Crippen molar-refractivity contribution in [3.8, 4) is 0 Å². The smallest absolute Gasteiger partial charge is 0.246 e. The first-order chi connectivity index (χ1) is 18.8. The molecule has 4 aliphatic rings. The fourth-order valence-electron chi connectivity index (χ4n) is 6.65. The lowest BCUT2D eigenvalue weighted by Gasteiger charge is -2.34. The van der Waals surface area contributed by atoms with Crippen molar-refractivity contribution >= 4 is 46.6 Å². The lowest BCUT2D eigenvalue weighted by atomic mass is 9.74. The fraction of sp³-hybridized carbons (Fsp3) is 0.433. The van der Waals surface area contributed by atoms with Crippen LogP contribution in [-0.4, -0.2) is 46.4 Å². The molecule has 2 aromatic carbocycles. The first-order valence-electron chi connectivity index (χ1n) is 13.6. The molecule has 2 aromatic rings. The third-order valence-corrected chi connectivity index (χ3v) is 9.28. The molecule has 6 rings (SSSR count). The molecule has 0 aromatic heterocycles. The van der Waals surface area contributed by atoms with E-state index in [1.165, 1.54) is 6.42 Å². The van der Waals surface area contributed by atoms with Crippen LogP contribution in [0.4, 0.5) is 5.69 Å². The van der Waals surface area contributed by atoms with Crippen molar-refractivity contribution in [1.29, 1.82) is 0 Å². The summed E-state index contributed by atoms with van der Waals surface area (Å²) in [6.07, 6.45) is 8.22. The van der Waals surface area contributed by atoms with Gasteiger partial charge in [-0.25, -0.2) is 0 Å². The number of hydrogen-bond donors (Lipinski definition) is 2. The van der Waals surface area contributed by atoms with E-state index in [1.807, 2.05) is 43.3 Å². The average molecular weight is 569 g/mol. The van der Waals surface area contributed by atoms with Gasteiger partial charge in [-0.3, -0.25) is 14.4 Å². The summed E-state index contributed by atoms with van der Waals surface area (Å²) in [5.74, 6) is -2.43. The molecule has 2 saturated heterocycles. The number of nitrogens with one attached hydrogen (secondary N) is 2. The van der Waals surface area contributed by atoms with Gasteiger partial charge in [0.15, 0.2) is 0 Å². The third kappa shape index (κ3) is 4.64. The molecule has 3 amide bonds. The standard InChI is InChI=1S/C30H31Cl2N3O4/c1-17-7-9-18(10-8-17)16-35-26(28(37)33-19-5-3-2-4-6-19)30-14-13-23(39-30)24(25(30)29(35)38)27(36)34-20-11-12-21(31)22(32)15-20/h7-15,19,23-26H,2-6,16H2,1H3,(H,33,37)(H,34,36)/t23-,24?,25-,26?,30?/m1/s1. The predicted molar refractivity (Wildman–Crippen MR) is 149 cm³/mol. The molecule has 3 heterocycles. The summed E-state index contributed by atoms with van der Waals surface area (Å²) < 4.78 is 6.44. The second kappa shape index (κ2) is 10.3. The highest BCUT2D eigenvalue weighted by Crippen LogP contribution is 2.55. The van der Waals surface area contributed by atoms with Gasteiger partial charge in [0, 0.05) is 18.3 Å². The van der Waals surface area contributed by atoms with Gasteiger partial charge in [0.25, 0.3) is 0 Å². The van der Waals surface area contributed by atoms with Gasteiger partial charge >= 0.3 is 0 Å². The second-order valence-electron chi connectivity index (χ2n) is 11.1. The van der Waals surface area contributed by atoms with Crippen molar-refractivity contribution in [1.82, 2.24) is 10.2 Å². The molecule has 1 saturated carbocycles. The van der Waals surface area contributed by atoms with Crippen LogP contribution in [0.5, 0.6) is 0 Å². The van der Waals surface area contributed by atoms with Gasteiger partial charge in [0.1, 0.15) is 11.6 Å². The van der Waals surface area contributed by atoms with Crippen LogP contribution in [0.25, 0.3) is 0 Å². The molecule has 1 aliphatic carbocycles. The molecule has 39 heavy (non-hydrogen) atoms. The number of anilines is 1. The number of likely N-dealkylation sites (tertiary alicyclic amines) is 1. The maximum atomic E-state index is 14.1. The predicted octanol–water partition coefficient (Wildman–Crippen LogP) is 5.04. The average Bonchev–Trinajstić information content (AvgIpc) is 3.56. The quantitative estimate of drug-likeness (QED) is 0.478. The van der Waals surface area contributed by atoms with Crippen molar-refractivity contribution < 1.29 is 19.1 Å². The fourth-order valence-corrected chi connectivity index (χ4v) is 6.95. The van der Waals surface area contributed by atoms with Gasteiger partial charge < -0.3 is 20.3 Å². The second-order valence-corrected chi connectivity index (χ2v) is 11.9. The Morgan fingerprint density at radius 3 is 2.49 bits per heavy atom. The number of rotatable bonds is 6. The zero-order valence-electron chi connectivity index (χ0n) is 21.7. The maximum Gasteiger partial charge on any atom is 0.246 e. The molecule has 1 spiro atoms. The zero-order valence-corrected chi connectivity index (χ0v) is 23.2. The Kier molecular flexibility index (Phi) is 6.94. The summed E-state index contributed by atoms with van der Waals surface area (Å²) in [6.45, 7) is 2.26. The number of halogens is 2. The lowest BCUT2D eigenvalue weighted by Crippen LogP contribution is -2.56. The molecule has 0 radical (unpaired) electrons. The molecule has 5 atom stereocenters. The first-order valence-corrected chi connectivity index (χ1v) is 14.3. The van der Waals surface area contributed by atoms with E-state index in [4.69, 9.17) is 27.9 Å².